The molecule has 0 heterocycles. The molecule has 0 bridgehead atoms. The number of hydrogen-bond acceptors (Lipinski definition) is 2. The van der Waals surface area contributed by atoms with Gasteiger partial charge in [-0.1, -0.05) is 6.42 Å². The number of ether oxygens (including phenoxy) is 1. The maximum atomic E-state index is 10.4. The van der Waals surface area contributed by atoms with Gasteiger partial charge < -0.3 is 9.53 Å². The Hall–Kier alpha value is -0.370. The van der Waals surface area contributed by atoms with Crippen LogP contribution in [-0.4, -0.2) is 20.0 Å². The van der Waals surface area contributed by atoms with Crippen molar-refractivity contribution < 1.29 is 9.53 Å². The fourth-order valence-electron chi connectivity index (χ4n) is 1.67. The van der Waals surface area contributed by atoms with Gasteiger partial charge in [0.1, 0.15) is 6.29 Å². The van der Waals surface area contributed by atoms with Gasteiger partial charge in [-0.15, -0.1) is 0 Å². The zero-order chi connectivity index (χ0) is 7.40. The summed E-state index contributed by atoms with van der Waals surface area (Å²) in [4.78, 5) is 10.4. The Morgan fingerprint density at radius 2 is 2.40 bits per heavy atom. The molecule has 1 saturated carbocycles. The molecule has 0 saturated heterocycles. The molecule has 0 radical (unpaired) electrons. The number of hydrogen-bond donors (Lipinski definition) is 0. The van der Waals surface area contributed by atoms with Crippen molar-refractivity contribution in [3.05, 3.63) is 0 Å². The number of aldehydes is 1. The molecular formula is C8H14O2. The second kappa shape index (κ2) is 3.71. The van der Waals surface area contributed by atoms with Crippen LogP contribution in [0.25, 0.3) is 0 Å². The minimum Gasteiger partial charge on any atom is -0.384 e. The summed E-state index contributed by atoms with van der Waals surface area (Å²) in [5.41, 5.74) is 0. The van der Waals surface area contributed by atoms with Crippen molar-refractivity contribution in [2.45, 2.75) is 19.3 Å². The van der Waals surface area contributed by atoms with Crippen molar-refractivity contribution in [3.8, 4) is 0 Å². The van der Waals surface area contributed by atoms with Gasteiger partial charge in [0, 0.05) is 19.6 Å². The lowest BCUT2D eigenvalue weighted by Crippen LogP contribution is -2.14. The highest BCUT2D eigenvalue weighted by molar-refractivity contribution is 5.54. The van der Waals surface area contributed by atoms with E-state index in [2.05, 4.69) is 0 Å². The number of carbonyl (C=O) groups excluding carboxylic acids is 1. The van der Waals surface area contributed by atoms with E-state index in [1.807, 2.05) is 0 Å². The van der Waals surface area contributed by atoms with Crippen molar-refractivity contribution in [1.82, 2.24) is 0 Å². The number of methoxy groups -OCH3 is 1. The monoisotopic (exact) mass is 142 g/mol. The van der Waals surface area contributed by atoms with Crippen LogP contribution in [0.4, 0.5) is 0 Å². The van der Waals surface area contributed by atoms with Crippen LogP contribution >= 0.6 is 0 Å². The molecular weight excluding hydrogens is 128 g/mol. The van der Waals surface area contributed by atoms with Crippen LogP contribution in [0.2, 0.25) is 0 Å². The van der Waals surface area contributed by atoms with Crippen LogP contribution < -0.4 is 0 Å². The van der Waals surface area contributed by atoms with E-state index < -0.39 is 0 Å². The Labute approximate surface area is 61.6 Å². The second-order valence-electron chi connectivity index (χ2n) is 2.95. The molecule has 2 atom stereocenters. The summed E-state index contributed by atoms with van der Waals surface area (Å²) in [6.07, 6.45) is 4.50. The third-order valence-electron chi connectivity index (χ3n) is 2.27. The van der Waals surface area contributed by atoms with Crippen LogP contribution in [0.3, 0.4) is 0 Å². The molecule has 1 aliphatic rings. The van der Waals surface area contributed by atoms with Crippen molar-refractivity contribution in [1.29, 1.82) is 0 Å². The minimum atomic E-state index is 0.278. The third kappa shape index (κ3) is 1.57. The van der Waals surface area contributed by atoms with Gasteiger partial charge in [0.25, 0.3) is 0 Å². The van der Waals surface area contributed by atoms with Gasteiger partial charge in [0.05, 0.1) is 0 Å². The zero-order valence-electron chi connectivity index (χ0n) is 6.38. The first-order valence-electron chi connectivity index (χ1n) is 3.82. The molecule has 2 heteroatoms. The highest BCUT2D eigenvalue weighted by Gasteiger charge is 2.26. The average molecular weight is 142 g/mol. The van der Waals surface area contributed by atoms with E-state index in [4.69, 9.17) is 4.74 Å². The molecule has 2 nitrogen and oxygen atoms in total. The third-order valence-corrected chi connectivity index (χ3v) is 2.27. The van der Waals surface area contributed by atoms with E-state index in [1.54, 1.807) is 7.11 Å². The molecule has 1 fully saturated rings. The molecule has 58 valence electrons. The SMILES string of the molecule is COC[C@H]1CCCC1C=O. The normalized spacial score (nSPS) is 32.5. The molecule has 0 aromatic carbocycles. The average Bonchev–Trinajstić information content (AvgIpc) is 2.36. The summed E-state index contributed by atoms with van der Waals surface area (Å²) < 4.78 is 5.00. The summed E-state index contributed by atoms with van der Waals surface area (Å²) in [6.45, 7) is 0.753. The largest absolute Gasteiger partial charge is 0.384 e. The van der Waals surface area contributed by atoms with Crippen molar-refractivity contribution in [3.63, 3.8) is 0 Å². The maximum Gasteiger partial charge on any atom is 0.123 e. The number of carbonyl (C=O) groups is 1. The summed E-state index contributed by atoms with van der Waals surface area (Å²) in [5, 5.41) is 0. The molecule has 0 aliphatic heterocycles. The van der Waals surface area contributed by atoms with Crippen LogP contribution in [0.1, 0.15) is 19.3 Å². The van der Waals surface area contributed by atoms with Gasteiger partial charge in [0.15, 0.2) is 0 Å². The highest BCUT2D eigenvalue weighted by atomic mass is 16.5. The Bertz CT molecular complexity index is 112. The standard InChI is InChI=1S/C8H14O2/c1-10-6-8-4-2-3-7(8)5-9/h5,7-8H,2-4,6H2,1H3/t7?,8-/m1/s1. The van der Waals surface area contributed by atoms with Gasteiger partial charge in [-0.3, -0.25) is 0 Å². The van der Waals surface area contributed by atoms with E-state index in [1.165, 1.54) is 6.42 Å². The minimum absolute atomic E-state index is 0.278. The first kappa shape index (κ1) is 7.73. The second-order valence-corrected chi connectivity index (χ2v) is 2.95. The lowest BCUT2D eigenvalue weighted by molar-refractivity contribution is -0.112. The van der Waals surface area contributed by atoms with Crippen molar-refractivity contribution in [2.24, 2.45) is 11.8 Å². The molecule has 1 rings (SSSR count). The molecule has 0 aromatic heterocycles. The van der Waals surface area contributed by atoms with Gasteiger partial charge in [-0.2, -0.15) is 0 Å². The molecule has 0 aromatic rings. The summed E-state index contributed by atoms with van der Waals surface area (Å²) in [7, 11) is 1.69. The summed E-state index contributed by atoms with van der Waals surface area (Å²) >= 11 is 0. The highest BCUT2D eigenvalue weighted by Crippen LogP contribution is 2.29. The molecule has 10 heavy (non-hydrogen) atoms. The lowest BCUT2D eigenvalue weighted by atomic mass is 9.99. The topological polar surface area (TPSA) is 26.3 Å². The van der Waals surface area contributed by atoms with E-state index >= 15 is 0 Å². The summed E-state index contributed by atoms with van der Waals surface area (Å²) in [6, 6.07) is 0. The van der Waals surface area contributed by atoms with Gasteiger partial charge in [-0.25, -0.2) is 0 Å². The van der Waals surface area contributed by atoms with Crippen LogP contribution in [0, 0.1) is 11.8 Å². The van der Waals surface area contributed by atoms with E-state index in [0.29, 0.717) is 5.92 Å². The fourth-order valence-corrected chi connectivity index (χ4v) is 1.67. The van der Waals surface area contributed by atoms with E-state index in [9.17, 15) is 4.79 Å². The van der Waals surface area contributed by atoms with Crippen molar-refractivity contribution >= 4 is 6.29 Å². The van der Waals surface area contributed by atoms with E-state index in [-0.39, 0.29) is 5.92 Å². The maximum absolute atomic E-state index is 10.4. The van der Waals surface area contributed by atoms with Crippen molar-refractivity contribution in [2.75, 3.05) is 13.7 Å². The Morgan fingerprint density at radius 3 is 3.00 bits per heavy atom. The zero-order valence-corrected chi connectivity index (χ0v) is 6.38. The van der Waals surface area contributed by atoms with Gasteiger partial charge in [-0.05, 0) is 18.8 Å². The molecule has 1 aliphatic carbocycles. The molecule has 1 unspecified atom stereocenters. The Morgan fingerprint density at radius 1 is 1.60 bits per heavy atom. The quantitative estimate of drug-likeness (QED) is 0.554. The predicted octanol–water partition coefficient (Wildman–Crippen LogP) is 1.25. The smallest absolute Gasteiger partial charge is 0.123 e. The van der Waals surface area contributed by atoms with Crippen LogP contribution in [0.15, 0.2) is 0 Å². The molecule has 0 amide bonds. The lowest BCUT2D eigenvalue weighted by Gasteiger charge is -2.11. The molecule has 0 N–H and O–H groups in total. The first-order valence-corrected chi connectivity index (χ1v) is 3.82. The van der Waals surface area contributed by atoms with Gasteiger partial charge >= 0.3 is 0 Å². The van der Waals surface area contributed by atoms with Crippen LogP contribution in [-0.2, 0) is 9.53 Å². The fraction of sp³-hybridized carbons (Fsp3) is 0.875. The Balaban J connectivity index is 2.34. The number of rotatable bonds is 3. The first-order chi connectivity index (χ1) is 4.88. The predicted molar refractivity (Wildman–Crippen MR) is 38.8 cm³/mol. The van der Waals surface area contributed by atoms with E-state index in [0.717, 1.165) is 25.7 Å². The molecule has 0 spiro atoms. The van der Waals surface area contributed by atoms with Gasteiger partial charge in [0.2, 0.25) is 0 Å². The van der Waals surface area contributed by atoms with Crippen LogP contribution in [0.5, 0.6) is 0 Å². The Kier molecular flexibility index (Phi) is 2.87. The summed E-state index contributed by atoms with van der Waals surface area (Å²) in [5.74, 6) is 0.780.